The molecule has 0 amide bonds. The van der Waals surface area contributed by atoms with Gasteiger partial charge in [0.25, 0.3) is 0 Å². The van der Waals surface area contributed by atoms with Crippen molar-refractivity contribution in [2.24, 2.45) is 29.6 Å². The molecule has 0 N–H and O–H groups in total. The molecular weight excluding hydrogens is 172 g/mol. The summed E-state index contributed by atoms with van der Waals surface area (Å²) in [6.07, 6.45) is 5.22. The number of carbonyl (C=O) groups excluding carboxylic acids is 1. The van der Waals surface area contributed by atoms with Gasteiger partial charge in [-0.15, -0.1) is 0 Å². The van der Waals surface area contributed by atoms with Crippen molar-refractivity contribution >= 4 is 16.8 Å². The van der Waals surface area contributed by atoms with Crippen LogP contribution < -0.4 is 0 Å². The van der Waals surface area contributed by atoms with E-state index in [0.29, 0.717) is 5.92 Å². The number of hydrogen-bond donors (Lipinski definition) is 0. The van der Waals surface area contributed by atoms with Gasteiger partial charge in [-0.3, -0.25) is 4.79 Å². The first-order valence-electron chi connectivity index (χ1n) is 4.96. The van der Waals surface area contributed by atoms with Gasteiger partial charge in [0.2, 0.25) is 5.24 Å². The van der Waals surface area contributed by atoms with Crippen LogP contribution in [0.2, 0.25) is 0 Å². The van der Waals surface area contributed by atoms with Gasteiger partial charge in [-0.05, 0) is 61.0 Å². The molecule has 0 aromatic carbocycles. The molecule has 12 heavy (non-hydrogen) atoms. The van der Waals surface area contributed by atoms with Crippen LogP contribution in [0.5, 0.6) is 0 Å². The molecule has 2 heteroatoms. The highest BCUT2D eigenvalue weighted by atomic mass is 35.5. The van der Waals surface area contributed by atoms with Crippen LogP contribution in [0.3, 0.4) is 0 Å². The third kappa shape index (κ3) is 0.736. The van der Waals surface area contributed by atoms with E-state index < -0.39 is 0 Å². The van der Waals surface area contributed by atoms with Gasteiger partial charge in [-0.25, -0.2) is 0 Å². The molecule has 3 aliphatic carbocycles. The van der Waals surface area contributed by atoms with E-state index in [-0.39, 0.29) is 11.2 Å². The molecule has 66 valence electrons. The molecule has 3 fully saturated rings. The SMILES string of the molecule is O=C(Cl)C1CC2C3CCC2C1C3. The summed E-state index contributed by atoms with van der Waals surface area (Å²) < 4.78 is 0. The molecule has 0 saturated heterocycles. The maximum atomic E-state index is 11.1. The van der Waals surface area contributed by atoms with E-state index >= 15 is 0 Å². The predicted molar refractivity (Wildman–Crippen MR) is 46.8 cm³/mol. The van der Waals surface area contributed by atoms with Gasteiger partial charge in [0, 0.05) is 5.92 Å². The van der Waals surface area contributed by atoms with Crippen molar-refractivity contribution in [1.82, 2.24) is 0 Å². The summed E-state index contributed by atoms with van der Waals surface area (Å²) in [7, 11) is 0. The van der Waals surface area contributed by atoms with Gasteiger partial charge in [-0.1, -0.05) is 0 Å². The monoisotopic (exact) mass is 184 g/mol. The van der Waals surface area contributed by atoms with Crippen molar-refractivity contribution in [1.29, 1.82) is 0 Å². The lowest BCUT2D eigenvalue weighted by Gasteiger charge is -2.26. The molecule has 3 rings (SSSR count). The second-order valence-electron chi connectivity index (χ2n) is 4.71. The van der Waals surface area contributed by atoms with Crippen molar-refractivity contribution < 1.29 is 4.79 Å². The fourth-order valence-corrected chi connectivity index (χ4v) is 4.34. The van der Waals surface area contributed by atoms with Crippen molar-refractivity contribution in [2.75, 3.05) is 0 Å². The second kappa shape index (κ2) is 2.25. The van der Waals surface area contributed by atoms with Crippen LogP contribution in [-0.4, -0.2) is 5.24 Å². The Bertz CT molecular complexity index is 238. The Morgan fingerprint density at radius 1 is 1.08 bits per heavy atom. The first-order valence-corrected chi connectivity index (χ1v) is 5.34. The van der Waals surface area contributed by atoms with E-state index in [1.807, 2.05) is 0 Å². The highest BCUT2D eigenvalue weighted by Crippen LogP contribution is 2.63. The van der Waals surface area contributed by atoms with Crippen LogP contribution in [0.15, 0.2) is 0 Å². The lowest BCUT2D eigenvalue weighted by molar-refractivity contribution is -0.117. The van der Waals surface area contributed by atoms with Crippen molar-refractivity contribution in [3.63, 3.8) is 0 Å². The molecule has 0 aromatic rings. The van der Waals surface area contributed by atoms with Gasteiger partial charge in [0.1, 0.15) is 0 Å². The molecule has 5 unspecified atom stereocenters. The second-order valence-corrected chi connectivity index (χ2v) is 5.08. The van der Waals surface area contributed by atoms with Gasteiger partial charge in [-0.2, -0.15) is 0 Å². The third-order valence-corrected chi connectivity index (χ3v) is 4.77. The Kier molecular flexibility index (Phi) is 1.39. The zero-order valence-corrected chi connectivity index (χ0v) is 7.76. The summed E-state index contributed by atoms with van der Waals surface area (Å²) in [4.78, 5) is 11.1. The minimum absolute atomic E-state index is 0.0622. The van der Waals surface area contributed by atoms with Crippen LogP contribution in [0.1, 0.15) is 25.7 Å². The summed E-state index contributed by atoms with van der Waals surface area (Å²) in [6, 6.07) is 0. The molecule has 0 aromatic heterocycles. The zero-order valence-electron chi connectivity index (χ0n) is 7.00. The normalized spacial score (nSPS) is 54.9. The first-order chi connectivity index (χ1) is 5.77. The quantitative estimate of drug-likeness (QED) is 0.573. The molecule has 0 heterocycles. The average Bonchev–Trinajstić information content (AvgIpc) is 2.66. The number of rotatable bonds is 1. The van der Waals surface area contributed by atoms with E-state index in [0.717, 1.165) is 24.2 Å². The zero-order chi connectivity index (χ0) is 8.29. The summed E-state index contributed by atoms with van der Waals surface area (Å²) in [5.41, 5.74) is 0. The molecular formula is C10H13ClO. The van der Waals surface area contributed by atoms with E-state index in [1.54, 1.807) is 0 Å². The number of hydrogen-bond acceptors (Lipinski definition) is 1. The largest absolute Gasteiger partial charge is 0.281 e. The average molecular weight is 185 g/mol. The number of carbonyl (C=O) groups is 1. The molecule has 0 aliphatic heterocycles. The van der Waals surface area contributed by atoms with Gasteiger partial charge >= 0.3 is 0 Å². The Morgan fingerprint density at radius 2 is 1.92 bits per heavy atom. The highest BCUT2D eigenvalue weighted by molar-refractivity contribution is 6.64. The maximum absolute atomic E-state index is 11.1. The first kappa shape index (κ1) is 7.37. The lowest BCUT2D eigenvalue weighted by Crippen LogP contribution is -2.23. The van der Waals surface area contributed by atoms with Crippen molar-refractivity contribution in [3.05, 3.63) is 0 Å². The fourth-order valence-electron chi connectivity index (χ4n) is 4.09. The van der Waals surface area contributed by atoms with Gasteiger partial charge < -0.3 is 0 Å². The molecule has 5 atom stereocenters. The van der Waals surface area contributed by atoms with E-state index in [4.69, 9.17) is 11.6 Å². The molecule has 0 spiro atoms. The molecule has 3 aliphatic rings. The van der Waals surface area contributed by atoms with Crippen molar-refractivity contribution in [3.8, 4) is 0 Å². The third-order valence-electron chi connectivity index (χ3n) is 4.49. The number of halogens is 1. The summed E-state index contributed by atoms with van der Waals surface area (Å²) in [5, 5.41) is -0.0622. The summed E-state index contributed by atoms with van der Waals surface area (Å²) >= 11 is 5.58. The molecule has 0 radical (unpaired) electrons. The van der Waals surface area contributed by atoms with Crippen LogP contribution in [0.4, 0.5) is 0 Å². The summed E-state index contributed by atoms with van der Waals surface area (Å²) in [5.74, 6) is 3.63. The van der Waals surface area contributed by atoms with Crippen molar-refractivity contribution in [2.45, 2.75) is 25.7 Å². The smallest absolute Gasteiger partial charge is 0.225 e. The minimum Gasteiger partial charge on any atom is -0.281 e. The highest BCUT2D eigenvalue weighted by Gasteiger charge is 2.57. The Labute approximate surface area is 77.5 Å². The van der Waals surface area contributed by atoms with E-state index in [1.165, 1.54) is 19.3 Å². The van der Waals surface area contributed by atoms with Crippen LogP contribution in [0, 0.1) is 29.6 Å². The predicted octanol–water partition coefficient (Wildman–Crippen LogP) is 2.43. The van der Waals surface area contributed by atoms with Gasteiger partial charge in [0.05, 0.1) is 0 Å². The summed E-state index contributed by atoms with van der Waals surface area (Å²) in [6.45, 7) is 0. The van der Waals surface area contributed by atoms with E-state index in [9.17, 15) is 4.79 Å². The fraction of sp³-hybridized carbons (Fsp3) is 0.900. The molecule has 3 saturated carbocycles. The molecule has 4 bridgehead atoms. The topological polar surface area (TPSA) is 17.1 Å². The van der Waals surface area contributed by atoms with Crippen LogP contribution >= 0.6 is 11.6 Å². The maximum Gasteiger partial charge on any atom is 0.225 e. The van der Waals surface area contributed by atoms with Crippen LogP contribution in [-0.2, 0) is 4.79 Å². The Balaban J connectivity index is 1.88. The molecule has 1 nitrogen and oxygen atoms in total. The van der Waals surface area contributed by atoms with Crippen LogP contribution in [0.25, 0.3) is 0 Å². The standard InChI is InChI=1S/C10H13ClO/c11-10(12)9-4-7-5-1-2-6(7)8(9)3-5/h5-9H,1-4H2. The minimum atomic E-state index is -0.0622. The lowest BCUT2D eigenvalue weighted by atomic mass is 9.79. The van der Waals surface area contributed by atoms with E-state index in [2.05, 4.69) is 0 Å². The Hall–Kier alpha value is -0.0400. The van der Waals surface area contributed by atoms with Gasteiger partial charge in [0.15, 0.2) is 0 Å². The Morgan fingerprint density at radius 3 is 2.50 bits per heavy atom.